The van der Waals surface area contributed by atoms with Crippen LogP contribution in [0.3, 0.4) is 0 Å². The molecular formula is C24H26N4O. The Balaban J connectivity index is 1.55. The van der Waals surface area contributed by atoms with E-state index in [2.05, 4.69) is 59.2 Å². The molecule has 4 rings (SSSR count). The number of aryl methyl sites for hydroxylation is 1. The average Bonchev–Trinajstić information content (AvgIpc) is 2.73. The van der Waals surface area contributed by atoms with Gasteiger partial charge in [-0.25, -0.2) is 9.97 Å². The van der Waals surface area contributed by atoms with Gasteiger partial charge in [0.15, 0.2) is 0 Å². The van der Waals surface area contributed by atoms with E-state index in [1.807, 2.05) is 30.3 Å². The van der Waals surface area contributed by atoms with Gasteiger partial charge in [-0.15, -0.1) is 0 Å². The van der Waals surface area contributed by atoms with E-state index >= 15 is 0 Å². The molecule has 1 amide bonds. The van der Waals surface area contributed by atoms with Gasteiger partial charge in [-0.05, 0) is 41.5 Å². The predicted molar refractivity (Wildman–Crippen MR) is 117 cm³/mol. The lowest BCUT2D eigenvalue weighted by Crippen LogP contribution is -2.26. The number of nitrogens with zero attached hydrogens (tertiary/aromatic N) is 3. The number of fused-ring (bicyclic) bond motifs is 1. The second kappa shape index (κ2) is 7.66. The number of carbonyl (C=O) groups is 1. The molecule has 2 aromatic carbocycles. The molecule has 0 atom stereocenters. The molecule has 0 spiro atoms. The highest BCUT2D eigenvalue weighted by atomic mass is 16.1. The molecule has 3 aromatic rings. The van der Waals surface area contributed by atoms with Crippen molar-refractivity contribution < 1.29 is 4.79 Å². The molecule has 0 unspecified atom stereocenters. The number of rotatable bonds is 3. The van der Waals surface area contributed by atoms with Gasteiger partial charge in [-0.3, -0.25) is 4.79 Å². The van der Waals surface area contributed by atoms with E-state index in [1.165, 1.54) is 5.56 Å². The molecule has 5 heteroatoms. The van der Waals surface area contributed by atoms with Crippen LogP contribution < -0.4 is 10.2 Å². The molecule has 0 saturated carbocycles. The number of nitrogens with one attached hydrogen (secondary N) is 1. The van der Waals surface area contributed by atoms with Crippen LogP contribution in [0.25, 0.3) is 0 Å². The minimum Gasteiger partial charge on any atom is -0.322 e. The molecule has 0 aliphatic carbocycles. The SMILES string of the molecule is CC(C)(C)c1ccccc1NC(=O)c1cnc(N2CCCc3ccccc32)nc1. The number of amides is 1. The maximum absolute atomic E-state index is 12.8. The summed E-state index contributed by atoms with van der Waals surface area (Å²) in [6.45, 7) is 7.27. The summed E-state index contributed by atoms with van der Waals surface area (Å²) in [5, 5.41) is 3.02. The van der Waals surface area contributed by atoms with Gasteiger partial charge in [0.2, 0.25) is 5.95 Å². The lowest BCUT2D eigenvalue weighted by molar-refractivity contribution is 0.102. The summed E-state index contributed by atoms with van der Waals surface area (Å²) in [5.74, 6) is 0.427. The number of carbonyl (C=O) groups excluding carboxylic acids is 1. The minimum absolute atomic E-state index is 0.0636. The van der Waals surface area contributed by atoms with Crippen molar-refractivity contribution in [2.75, 3.05) is 16.8 Å². The molecule has 0 radical (unpaired) electrons. The fourth-order valence-corrected chi connectivity index (χ4v) is 3.76. The van der Waals surface area contributed by atoms with Gasteiger partial charge >= 0.3 is 0 Å². The van der Waals surface area contributed by atoms with Crippen molar-refractivity contribution in [1.29, 1.82) is 0 Å². The maximum Gasteiger partial charge on any atom is 0.258 e. The van der Waals surface area contributed by atoms with Crippen molar-refractivity contribution in [2.24, 2.45) is 0 Å². The van der Waals surface area contributed by atoms with E-state index in [1.54, 1.807) is 12.4 Å². The number of anilines is 3. The first-order valence-corrected chi connectivity index (χ1v) is 10.0. The van der Waals surface area contributed by atoms with Gasteiger partial charge in [0.1, 0.15) is 0 Å². The second-order valence-electron chi connectivity index (χ2n) is 8.41. The standard InChI is InChI=1S/C24H26N4O/c1-24(2,3)19-11-5-6-12-20(19)27-22(29)18-15-25-23(26-16-18)28-14-8-10-17-9-4-7-13-21(17)28/h4-7,9,11-13,15-16H,8,10,14H2,1-3H3,(H,27,29). The zero-order valence-corrected chi connectivity index (χ0v) is 17.1. The zero-order valence-electron chi connectivity index (χ0n) is 17.1. The Morgan fingerprint density at radius 2 is 1.69 bits per heavy atom. The quantitative estimate of drug-likeness (QED) is 0.679. The van der Waals surface area contributed by atoms with Crippen LogP contribution in [0.2, 0.25) is 0 Å². The molecular weight excluding hydrogens is 360 g/mol. The molecule has 1 aromatic heterocycles. The largest absolute Gasteiger partial charge is 0.322 e. The monoisotopic (exact) mass is 386 g/mol. The Bertz CT molecular complexity index is 1020. The van der Waals surface area contributed by atoms with Crippen molar-refractivity contribution in [3.63, 3.8) is 0 Å². The average molecular weight is 386 g/mol. The van der Waals surface area contributed by atoms with Crippen LogP contribution in [0.4, 0.5) is 17.3 Å². The first-order valence-electron chi connectivity index (χ1n) is 10.0. The van der Waals surface area contributed by atoms with Crippen LogP contribution in [0.15, 0.2) is 60.9 Å². The van der Waals surface area contributed by atoms with Crippen molar-refractivity contribution >= 4 is 23.2 Å². The molecule has 1 aliphatic heterocycles. The van der Waals surface area contributed by atoms with Crippen LogP contribution >= 0.6 is 0 Å². The van der Waals surface area contributed by atoms with Crippen molar-refractivity contribution in [1.82, 2.24) is 9.97 Å². The van der Waals surface area contributed by atoms with E-state index in [0.29, 0.717) is 11.5 Å². The number of para-hydroxylation sites is 2. The molecule has 2 heterocycles. The fraction of sp³-hybridized carbons (Fsp3) is 0.292. The Hall–Kier alpha value is -3.21. The van der Waals surface area contributed by atoms with Gasteiger partial charge in [-0.1, -0.05) is 57.2 Å². The zero-order chi connectivity index (χ0) is 20.4. The lowest BCUT2D eigenvalue weighted by atomic mass is 9.86. The lowest BCUT2D eigenvalue weighted by Gasteiger charge is -2.29. The van der Waals surface area contributed by atoms with Gasteiger partial charge in [-0.2, -0.15) is 0 Å². The van der Waals surface area contributed by atoms with Gasteiger partial charge in [0, 0.05) is 30.3 Å². The molecule has 1 aliphatic rings. The highest BCUT2D eigenvalue weighted by Crippen LogP contribution is 2.31. The summed E-state index contributed by atoms with van der Waals surface area (Å²) < 4.78 is 0. The summed E-state index contributed by atoms with van der Waals surface area (Å²) in [4.78, 5) is 23.9. The molecule has 0 fully saturated rings. The number of hydrogen-bond acceptors (Lipinski definition) is 4. The van der Waals surface area contributed by atoms with Gasteiger partial charge < -0.3 is 10.2 Å². The summed E-state index contributed by atoms with van der Waals surface area (Å²) in [7, 11) is 0. The first-order chi connectivity index (χ1) is 13.9. The van der Waals surface area contributed by atoms with Crippen LogP contribution in [0.5, 0.6) is 0 Å². The Morgan fingerprint density at radius 1 is 1.00 bits per heavy atom. The van der Waals surface area contributed by atoms with Crippen LogP contribution in [-0.4, -0.2) is 22.4 Å². The molecule has 1 N–H and O–H groups in total. The topological polar surface area (TPSA) is 58.1 Å². The van der Waals surface area contributed by atoms with E-state index in [-0.39, 0.29) is 11.3 Å². The molecule has 0 bridgehead atoms. The third-order valence-electron chi connectivity index (χ3n) is 5.24. The summed E-state index contributed by atoms with van der Waals surface area (Å²) >= 11 is 0. The van der Waals surface area contributed by atoms with Crippen molar-refractivity contribution in [3.05, 3.63) is 77.6 Å². The van der Waals surface area contributed by atoms with Crippen LogP contribution in [0.1, 0.15) is 48.7 Å². The minimum atomic E-state index is -0.202. The predicted octanol–water partition coefficient (Wildman–Crippen LogP) is 5.11. The van der Waals surface area contributed by atoms with E-state index < -0.39 is 0 Å². The molecule has 148 valence electrons. The van der Waals surface area contributed by atoms with Crippen molar-refractivity contribution in [2.45, 2.75) is 39.0 Å². The smallest absolute Gasteiger partial charge is 0.258 e. The number of benzene rings is 2. The Kier molecular flexibility index (Phi) is 5.05. The Labute approximate surface area is 171 Å². The van der Waals surface area contributed by atoms with Crippen molar-refractivity contribution in [3.8, 4) is 0 Å². The van der Waals surface area contributed by atoms with Crippen LogP contribution in [0, 0.1) is 0 Å². The molecule has 0 saturated heterocycles. The Morgan fingerprint density at radius 3 is 2.45 bits per heavy atom. The third-order valence-corrected chi connectivity index (χ3v) is 5.24. The normalized spacial score (nSPS) is 13.7. The highest BCUT2D eigenvalue weighted by Gasteiger charge is 2.21. The van der Waals surface area contributed by atoms with E-state index in [4.69, 9.17) is 0 Å². The number of hydrogen-bond donors (Lipinski definition) is 1. The van der Waals surface area contributed by atoms with E-state index in [0.717, 1.165) is 36.3 Å². The third kappa shape index (κ3) is 3.99. The van der Waals surface area contributed by atoms with Gasteiger partial charge in [0.05, 0.1) is 5.56 Å². The van der Waals surface area contributed by atoms with E-state index in [9.17, 15) is 4.79 Å². The second-order valence-corrected chi connectivity index (χ2v) is 8.41. The first kappa shape index (κ1) is 19.1. The fourth-order valence-electron chi connectivity index (χ4n) is 3.76. The molecule has 5 nitrogen and oxygen atoms in total. The summed E-state index contributed by atoms with van der Waals surface area (Å²) in [5.41, 5.74) is 4.75. The summed E-state index contributed by atoms with van der Waals surface area (Å²) in [6, 6.07) is 16.2. The summed E-state index contributed by atoms with van der Waals surface area (Å²) in [6.07, 6.45) is 5.34. The van der Waals surface area contributed by atoms with Gasteiger partial charge in [0.25, 0.3) is 5.91 Å². The van der Waals surface area contributed by atoms with Crippen LogP contribution in [-0.2, 0) is 11.8 Å². The molecule has 29 heavy (non-hydrogen) atoms. The maximum atomic E-state index is 12.8. The number of aromatic nitrogens is 2. The highest BCUT2D eigenvalue weighted by molar-refractivity contribution is 6.04.